The van der Waals surface area contributed by atoms with Gasteiger partial charge < -0.3 is 14.8 Å². The number of rotatable bonds is 6. The first-order valence-electron chi connectivity index (χ1n) is 7.15. The van der Waals surface area contributed by atoms with Crippen LogP contribution in [-0.2, 0) is 18.4 Å². The topological polar surface area (TPSA) is 78.3 Å². The zero-order valence-corrected chi connectivity index (χ0v) is 14.0. The Morgan fingerprint density at radius 3 is 2.79 bits per heavy atom. The van der Waals surface area contributed by atoms with Gasteiger partial charge in [-0.25, -0.2) is 9.78 Å². The van der Waals surface area contributed by atoms with Crippen LogP contribution in [0.25, 0.3) is 0 Å². The number of nitrogens with zero attached hydrogens (tertiary/aromatic N) is 3. The molecule has 3 rings (SSSR count). The van der Waals surface area contributed by atoms with Crippen LogP contribution in [0, 0.1) is 0 Å². The number of nitrogens with one attached hydrogen (secondary N) is 1. The maximum Gasteiger partial charge on any atom is 0.341 e. The van der Waals surface area contributed by atoms with Crippen molar-refractivity contribution in [1.82, 2.24) is 14.8 Å². The van der Waals surface area contributed by atoms with Crippen molar-refractivity contribution in [3.63, 3.8) is 0 Å². The molecule has 2 heterocycles. The van der Waals surface area contributed by atoms with Gasteiger partial charge in [0.05, 0.1) is 24.6 Å². The first kappa shape index (κ1) is 16.0. The molecule has 3 aromatic rings. The first-order valence-corrected chi connectivity index (χ1v) is 8.03. The second-order valence-corrected chi connectivity index (χ2v) is 5.83. The number of carbonyl (C=O) groups excluding carboxylic acids is 1. The fraction of sp³-hybridized carbons (Fsp3) is 0.188. The van der Waals surface area contributed by atoms with E-state index in [1.54, 1.807) is 25.0 Å². The van der Waals surface area contributed by atoms with Crippen molar-refractivity contribution in [3.05, 3.63) is 53.3 Å². The van der Waals surface area contributed by atoms with Crippen molar-refractivity contribution in [1.29, 1.82) is 0 Å². The molecule has 1 aromatic carbocycles. The Hall–Kier alpha value is -2.87. The summed E-state index contributed by atoms with van der Waals surface area (Å²) in [5.41, 5.74) is 2.02. The van der Waals surface area contributed by atoms with Gasteiger partial charge in [0.2, 0.25) is 0 Å². The maximum absolute atomic E-state index is 11.9. The summed E-state index contributed by atoms with van der Waals surface area (Å²) in [6.07, 6.45) is 3.08. The van der Waals surface area contributed by atoms with Gasteiger partial charge in [0.15, 0.2) is 5.13 Å². The van der Waals surface area contributed by atoms with Crippen LogP contribution >= 0.6 is 11.3 Å². The lowest BCUT2D eigenvalue weighted by molar-refractivity contribution is 0.0468. The summed E-state index contributed by atoms with van der Waals surface area (Å²) in [4.78, 5) is 16.3. The van der Waals surface area contributed by atoms with Crippen LogP contribution in [-0.4, -0.2) is 27.8 Å². The van der Waals surface area contributed by atoms with E-state index in [0.29, 0.717) is 11.3 Å². The number of benzene rings is 1. The van der Waals surface area contributed by atoms with Gasteiger partial charge in [-0.15, -0.1) is 11.3 Å². The van der Waals surface area contributed by atoms with Gasteiger partial charge in [-0.1, -0.05) is 0 Å². The van der Waals surface area contributed by atoms with Crippen molar-refractivity contribution in [2.45, 2.75) is 6.61 Å². The van der Waals surface area contributed by atoms with E-state index in [9.17, 15) is 4.79 Å². The molecule has 7 nitrogen and oxygen atoms in total. The first-order chi connectivity index (χ1) is 11.6. The largest absolute Gasteiger partial charge is 0.497 e. The zero-order chi connectivity index (χ0) is 16.9. The molecule has 0 unspecified atom stereocenters. The molecule has 0 saturated heterocycles. The van der Waals surface area contributed by atoms with Crippen LogP contribution in [0.3, 0.4) is 0 Å². The number of aromatic nitrogens is 3. The van der Waals surface area contributed by atoms with Crippen LogP contribution in [0.15, 0.2) is 42.0 Å². The van der Waals surface area contributed by atoms with Crippen LogP contribution in [0.4, 0.5) is 10.8 Å². The summed E-state index contributed by atoms with van der Waals surface area (Å²) in [6.45, 7) is 0.120. The van der Waals surface area contributed by atoms with E-state index < -0.39 is 5.97 Å². The van der Waals surface area contributed by atoms with Crippen LogP contribution in [0.1, 0.15) is 16.1 Å². The second-order valence-electron chi connectivity index (χ2n) is 4.98. The molecule has 0 aliphatic heterocycles. The van der Waals surface area contributed by atoms with E-state index in [0.717, 1.165) is 16.6 Å². The standard InChI is InChI=1S/C16H16N4O3S/c1-20-8-11(7-17-20)15(21)23-9-13-10-24-16(19-13)18-12-3-5-14(22-2)6-4-12/h3-8,10H,9H2,1-2H3,(H,18,19). The van der Waals surface area contributed by atoms with E-state index >= 15 is 0 Å². The number of esters is 1. The third-order valence-corrected chi connectivity index (χ3v) is 3.99. The molecule has 8 heteroatoms. The third kappa shape index (κ3) is 3.90. The Balaban J connectivity index is 1.56. The number of anilines is 2. The molecule has 2 aromatic heterocycles. The SMILES string of the molecule is COc1ccc(Nc2nc(COC(=O)c3cnn(C)c3)cs2)cc1. The van der Waals surface area contributed by atoms with Crippen LogP contribution in [0.2, 0.25) is 0 Å². The van der Waals surface area contributed by atoms with Gasteiger partial charge in [-0.2, -0.15) is 5.10 Å². The monoisotopic (exact) mass is 344 g/mol. The second kappa shape index (κ2) is 7.14. The summed E-state index contributed by atoms with van der Waals surface area (Å²) >= 11 is 1.44. The summed E-state index contributed by atoms with van der Waals surface area (Å²) in [6, 6.07) is 7.55. The van der Waals surface area contributed by atoms with E-state index in [4.69, 9.17) is 9.47 Å². The number of carbonyl (C=O) groups is 1. The van der Waals surface area contributed by atoms with E-state index in [2.05, 4.69) is 15.4 Å². The Morgan fingerprint density at radius 1 is 1.33 bits per heavy atom. The zero-order valence-electron chi connectivity index (χ0n) is 13.2. The normalized spacial score (nSPS) is 10.4. The molecule has 0 atom stereocenters. The number of hydrogen-bond donors (Lipinski definition) is 1. The number of aryl methyl sites for hydroxylation is 1. The summed E-state index contributed by atoms with van der Waals surface area (Å²) in [7, 11) is 3.37. The number of thiazole rings is 1. The average molecular weight is 344 g/mol. The quantitative estimate of drug-likeness (QED) is 0.693. The minimum Gasteiger partial charge on any atom is -0.497 e. The molecular formula is C16H16N4O3S. The number of ether oxygens (including phenoxy) is 2. The summed E-state index contributed by atoms with van der Waals surface area (Å²) in [5.74, 6) is 0.378. The van der Waals surface area contributed by atoms with Crippen molar-refractivity contribution in [2.24, 2.45) is 7.05 Å². The van der Waals surface area contributed by atoms with Crippen LogP contribution in [0.5, 0.6) is 5.75 Å². The van der Waals surface area contributed by atoms with Crippen molar-refractivity contribution in [2.75, 3.05) is 12.4 Å². The highest BCUT2D eigenvalue weighted by molar-refractivity contribution is 7.13. The fourth-order valence-electron chi connectivity index (χ4n) is 1.98. The average Bonchev–Trinajstić information content (AvgIpc) is 3.22. The molecule has 0 aliphatic carbocycles. The lowest BCUT2D eigenvalue weighted by atomic mass is 10.3. The van der Waals surface area contributed by atoms with Crippen molar-refractivity contribution in [3.8, 4) is 5.75 Å². The lowest BCUT2D eigenvalue weighted by Gasteiger charge is -2.04. The summed E-state index contributed by atoms with van der Waals surface area (Å²) in [5, 5.41) is 9.71. The van der Waals surface area contributed by atoms with Gasteiger partial charge >= 0.3 is 5.97 Å². The molecule has 0 bridgehead atoms. The van der Waals surface area contributed by atoms with E-state index in [1.807, 2.05) is 29.6 Å². The molecule has 0 spiro atoms. The predicted molar refractivity (Wildman–Crippen MR) is 90.7 cm³/mol. The Labute approximate surface area is 142 Å². The highest BCUT2D eigenvalue weighted by atomic mass is 32.1. The molecule has 0 amide bonds. The Morgan fingerprint density at radius 2 is 2.12 bits per heavy atom. The van der Waals surface area contributed by atoms with Crippen molar-refractivity contribution < 1.29 is 14.3 Å². The summed E-state index contributed by atoms with van der Waals surface area (Å²) < 4.78 is 11.9. The molecule has 0 fully saturated rings. The minimum atomic E-state index is -0.416. The molecule has 124 valence electrons. The maximum atomic E-state index is 11.9. The predicted octanol–water partition coefficient (Wildman–Crippen LogP) is 2.99. The smallest absolute Gasteiger partial charge is 0.341 e. The molecule has 24 heavy (non-hydrogen) atoms. The highest BCUT2D eigenvalue weighted by Gasteiger charge is 2.11. The molecule has 0 radical (unpaired) electrons. The number of hydrogen-bond acceptors (Lipinski definition) is 7. The lowest BCUT2D eigenvalue weighted by Crippen LogP contribution is -2.04. The van der Waals surface area contributed by atoms with E-state index in [-0.39, 0.29) is 6.61 Å². The number of methoxy groups -OCH3 is 1. The van der Waals surface area contributed by atoms with Gasteiger partial charge in [-0.3, -0.25) is 4.68 Å². The molecular weight excluding hydrogens is 328 g/mol. The van der Waals surface area contributed by atoms with Gasteiger partial charge in [0.1, 0.15) is 12.4 Å². The van der Waals surface area contributed by atoms with Gasteiger partial charge in [-0.05, 0) is 24.3 Å². The van der Waals surface area contributed by atoms with Crippen LogP contribution < -0.4 is 10.1 Å². The third-order valence-electron chi connectivity index (χ3n) is 3.18. The Bertz CT molecular complexity index is 826. The van der Waals surface area contributed by atoms with Gasteiger partial charge in [0, 0.05) is 24.3 Å². The minimum absolute atomic E-state index is 0.120. The molecule has 1 N–H and O–H groups in total. The highest BCUT2D eigenvalue weighted by Crippen LogP contribution is 2.23. The fourth-order valence-corrected chi connectivity index (χ4v) is 2.69. The van der Waals surface area contributed by atoms with Gasteiger partial charge in [0.25, 0.3) is 0 Å². The Kier molecular flexibility index (Phi) is 4.76. The molecule has 0 saturated carbocycles. The van der Waals surface area contributed by atoms with E-state index in [1.165, 1.54) is 17.5 Å². The van der Waals surface area contributed by atoms with Crippen molar-refractivity contribution >= 4 is 28.1 Å². The molecule has 0 aliphatic rings.